The lowest BCUT2D eigenvalue weighted by Crippen LogP contribution is -2.49. The van der Waals surface area contributed by atoms with Crippen LogP contribution in [0.3, 0.4) is 0 Å². The van der Waals surface area contributed by atoms with Gasteiger partial charge in [0.1, 0.15) is 11.9 Å². The molecule has 23 heavy (non-hydrogen) atoms. The van der Waals surface area contributed by atoms with Gasteiger partial charge in [-0.2, -0.15) is 4.98 Å². The van der Waals surface area contributed by atoms with Crippen molar-refractivity contribution in [3.05, 3.63) is 17.7 Å². The van der Waals surface area contributed by atoms with Gasteiger partial charge in [0.05, 0.1) is 20.6 Å². The molecule has 0 saturated heterocycles. The Morgan fingerprint density at radius 2 is 2.09 bits per heavy atom. The number of carbonyl (C=O) groups excluding carboxylic acids is 3. The first-order chi connectivity index (χ1) is 11.0. The van der Waals surface area contributed by atoms with Gasteiger partial charge in [0, 0.05) is 19.5 Å². The van der Waals surface area contributed by atoms with Gasteiger partial charge in [-0.15, -0.1) is 0 Å². The molecule has 0 fully saturated rings. The minimum Gasteiger partial charge on any atom is -0.481 e. The number of anilines is 1. The second kappa shape index (κ2) is 7.08. The van der Waals surface area contributed by atoms with Crippen molar-refractivity contribution in [3.63, 3.8) is 0 Å². The van der Waals surface area contributed by atoms with Crippen molar-refractivity contribution in [2.75, 3.05) is 25.7 Å². The summed E-state index contributed by atoms with van der Waals surface area (Å²) in [5.41, 5.74) is 0.916. The minimum absolute atomic E-state index is 0.231. The van der Waals surface area contributed by atoms with E-state index in [1.807, 2.05) is 6.07 Å². The van der Waals surface area contributed by atoms with E-state index in [0.29, 0.717) is 24.7 Å². The van der Waals surface area contributed by atoms with Crippen LogP contribution in [0.25, 0.3) is 0 Å². The topological polar surface area (TPSA) is 97.8 Å². The molecule has 1 aromatic rings. The molecule has 0 aliphatic carbocycles. The fourth-order valence-corrected chi connectivity index (χ4v) is 2.44. The molecule has 0 bridgehead atoms. The van der Waals surface area contributed by atoms with Crippen LogP contribution >= 0.6 is 0 Å². The molecule has 1 N–H and O–H groups in total. The molecule has 1 aromatic heterocycles. The molecule has 0 aromatic carbocycles. The number of nitrogens with one attached hydrogen (secondary N) is 1. The highest BCUT2D eigenvalue weighted by Gasteiger charge is 2.33. The van der Waals surface area contributed by atoms with Gasteiger partial charge in [-0.25, -0.2) is 0 Å². The molecular formula is C15H19N3O5. The van der Waals surface area contributed by atoms with Crippen molar-refractivity contribution < 1.29 is 23.9 Å². The Bertz CT molecular complexity index is 632. The zero-order valence-corrected chi connectivity index (χ0v) is 13.3. The van der Waals surface area contributed by atoms with E-state index in [1.54, 1.807) is 6.07 Å². The molecule has 2 rings (SSSR count). The van der Waals surface area contributed by atoms with Crippen LogP contribution in [0.4, 0.5) is 5.82 Å². The largest absolute Gasteiger partial charge is 0.481 e. The molecule has 8 nitrogen and oxygen atoms in total. The van der Waals surface area contributed by atoms with Crippen molar-refractivity contribution >= 4 is 23.6 Å². The average molecular weight is 321 g/mol. The Morgan fingerprint density at radius 1 is 1.35 bits per heavy atom. The van der Waals surface area contributed by atoms with Gasteiger partial charge in [-0.3, -0.25) is 19.3 Å². The number of methoxy groups -OCH3 is 2. The zero-order chi connectivity index (χ0) is 17.0. The Labute approximate surface area is 133 Å². The number of hydrogen-bond donors (Lipinski definition) is 1. The Balaban J connectivity index is 2.24. The number of carbonyl (C=O) groups is 3. The second-order valence-electron chi connectivity index (χ2n) is 5.11. The fourth-order valence-electron chi connectivity index (χ4n) is 2.44. The summed E-state index contributed by atoms with van der Waals surface area (Å²) in [4.78, 5) is 41.3. The molecule has 1 unspecified atom stereocenters. The first-order valence-electron chi connectivity index (χ1n) is 7.15. The van der Waals surface area contributed by atoms with Gasteiger partial charge in [-0.05, 0) is 18.1 Å². The number of pyridine rings is 1. The van der Waals surface area contributed by atoms with Crippen LogP contribution in [0.5, 0.6) is 5.88 Å². The molecule has 124 valence electrons. The molecular weight excluding hydrogens is 302 g/mol. The number of esters is 1. The van der Waals surface area contributed by atoms with E-state index < -0.39 is 23.8 Å². The highest BCUT2D eigenvalue weighted by molar-refractivity contribution is 6.01. The molecule has 2 amide bonds. The lowest BCUT2D eigenvalue weighted by molar-refractivity contribution is -0.143. The van der Waals surface area contributed by atoms with Crippen molar-refractivity contribution in [2.45, 2.75) is 25.8 Å². The molecule has 0 radical (unpaired) electrons. The molecule has 1 aliphatic heterocycles. The van der Waals surface area contributed by atoms with Crippen LogP contribution in [0.15, 0.2) is 12.1 Å². The van der Waals surface area contributed by atoms with E-state index in [-0.39, 0.29) is 6.42 Å². The van der Waals surface area contributed by atoms with Gasteiger partial charge in [0.15, 0.2) is 0 Å². The van der Waals surface area contributed by atoms with Gasteiger partial charge >= 0.3 is 5.97 Å². The molecule has 1 atom stereocenters. The second-order valence-corrected chi connectivity index (χ2v) is 5.11. The number of amides is 2. The summed E-state index contributed by atoms with van der Waals surface area (Å²) in [6, 6.07) is 2.59. The molecule has 8 heteroatoms. The number of fused-ring (bicyclic) bond motifs is 1. The smallest absolute Gasteiger partial charge is 0.308 e. The number of rotatable bonds is 5. The normalized spacial score (nSPS) is 14.0. The van der Waals surface area contributed by atoms with E-state index in [0.717, 1.165) is 5.56 Å². The monoisotopic (exact) mass is 321 g/mol. The van der Waals surface area contributed by atoms with Gasteiger partial charge in [0.25, 0.3) is 5.91 Å². The van der Waals surface area contributed by atoms with Crippen LogP contribution in [-0.2, 0) is 25.5 Å². The summed E-state index contributed by atoms with van der Waals surface area (Å²) >= 11 is 0. The summed E-state index contributed by atoms with van der Waals surface area (Å²) in [6.07, 6.45) is 0.424. The molecule has 0 saturated carbocycles. The maximum atomic E-state index is 12.7. The number of ether oxygens (including phenoxy) is 2. The molecule has 0 spiro atoms. The van der Waals surface area contributed by atoms with E-state index in [9.17, 15) is 14.4 Å². The summed E-state index contributed by atoms with van der Waals surface area (Å²) < 4.78 is 9.67. The summed E-state index contributed by atoms with van der Waals surface area (Å²) in [5.74, 6) is -0.479. The Morgan fingerprint density at radius 3 is 2.70 bits per heavy atom. The quantitative estimate of drug-likeness (QED) is 0.769. The van der Waals surface area contributed by atoms with Crippen LogP contribution in [0.2, 0.25) is 0 Å². The highest BCUT2D eigenvalue weighted by atomic mass is 16.5. The number of hydrogen-bond acceptors (Lipinski definition) is 6. The first kappa shape index (κ1) is 16.7. The van der Waals surface area contributed by atoms with Crippen LogP contribution in [0, 0.1) is 0 Å². The van der Waals surface area contributed by atoms with E-state index in [4.69, 9.17) is 4.74 Å². The van der Waals surface area contributed by atoms with Crippen molar-refractivity contribution in [2.24, 2.45) is 0 Å². The van der Waals surface area contributed by atoms with E-state index >= 15 is 0 Å². The number of aromatic nitrogens is 1. The maximum Gasteiger partial charge on any atom is 0.308 e. The fraction of sp³-hybridized carbons (Fsp3) is 0.467. The molecule has 1 aliphatic rings. The van der Waals surface area contributed by atoms with Gasteiger partial charge in [0.2, 0.25) is 11.8 Å². The summed E-state index contributed by atoms with van der Waals surface area (Å²) in [7, 11) is 2.72. The van der Waals surface area contributed by atoms with Crippen molar-refractivity contribution in [3.8, 4) is 5.88 Å². The Hall–Kier alpha value is -2.64. The van der Waals surface area contributed by atoms with Crippen LogP contribution in [0.1, 0.15) is 18.9 Å². The highest BCUT2D eigenvalue weighted by Crippen LogP contribution is 2.28. The van der Waals surface area contributed by atoms with Crippen LogP contribution in [-0.4, -0.2) is 49.6 Å². The predicted molar refractivity (Wildman–Crippen MR) is 81.1 cm³/mol. The summed E-state index contributed by atoms with van der Waals surface area (Å²) in [5, 5.41) is 2.49. The third-order valence-electron chi connectivity index (χ3n) is 3.54. The predicted octanol–water partition coefficient (Wildman–Crippen LogP) is 0.0471. The Kier molecular flexibility index (Phi) is 5.15. The van der Waals surface area contributed by atoms with E-state index in [2.05, 4.69) is 15.0 Å². The average Bonchev–Trinajstić information content (AvgIpc) is 2.95. The van der Waals surface area contributed by atoms with E-state index in [1.165, 1.54) is 26.0 Å². The SMILES string of the molecule is COC(=O)CC(NC(C)=O)C(=O)N1CCc2ccc(OC)nc21. The minimum atomic E-state index is -0.987. The first-order valence-corrected chi connectivity index (χ1v) is 7.15. The number of nitrogens with zero attached hydrogens (tertiary/aromatic N) is 2. The summed E-state index contributed by atoms with van der Waals surface area (Å²) in [6.45, 7) is 1.72. The van der Waals surface area contributed by atoms with Crippen LogP contribution < -0.4 is 15.0 Å². The third kappa shape index (κ3) is 3.77. The third-order valence-corrected chi connectivity index (χ3v) is 3.54. The lowest BCUT2D eigenvalue weighted by atomic mass is 10.1. The van der Waals surface area contributed by atoms with Gasteiger partial charge < -0.3 is 14.8 Å². The van der Waals surface area contributed by atoms with Gasteiger partial charge in [-0.1, -0.05) is 0 Å². The van der Waals surface area contributed by atoms with Crippen molar-refractivity contribution in [1.82, 2.24) is 10.3 Å². The maximum absolute atomic E-state index is 12.7. The standard InChI is InChI=1S/C15H19N3O5/c1-9(19)16-11(8-13(20)23-3)15(21)18-7-6-10-4-5-12(22-2)17-14(10)18/h4-5,11H,6-8H2,1-3H3,(H,16,19). The van der Waals surface area contributed by atoms with Crippen molar-refractivity contribution in [1.29, 1.82) is 0 Å². The lowest BCUT2D eigenvalue weighted by Gasteiger charge is -2.23. The molecule has 2 heterocycles. The zero-order valence-electron chi connectivity index (χ0n) is 13.3.